The van der Waals surface area contributed by atoms with Crippen LogP contribution in [0.2, 0.25) is 5.02 Å². The molecule has 0 spiro atoms. The van der Waals surface area contributed by atoms with E-state index in [1.807, 2.05) is 0 Å². The van der Waals surface area contributed by atoms with Gasteiger partial charge < -0.3 is 15.4 Å². The number of nitrogens with one attached hydrogen (secondary N) is 2. The van der Waals surface area contributed by atoms with Crippen molar-refractivity contribution in [1.29, 1.82) is 0 Å². The van der Waals surface area contributed by atoms with E-state index in [0.717, 1.165) is 19.3 Å². The van der Waals surface area contributed by atoms with Gasteiger partial charge in [-0.25, -0.2) is 0 Å². The second kappa shape index (κ2) is 5.02. The summed E-state index contributed by atoms with van der Waals surface area (Å²) in [6.45, 7) is 0.398. The highest BCUT2D eigenvalue weighted by atomic mass is 35.5. The molecule has 18 heavy (non-hydrogen) atoms. The molecule has 98 valence electrons. The molecule has 1 saturated carbocycles. The number of aromatic amines is 1. The van der Waals surface area contributed by atoms with Gasteiger partial charge in [0.05, 0.1) is 11.4 Å². The lowest BCUT2D eigenvalue weighted by Crippen LogP contribution is -2.43. The average Bonchev–Trinajstić information content (AvgIpc) is 2.68. The number of aromatic nitrogens is 1. The van der Waals surface area contributed by atoms with Crippen LogP contribution < -0.4 is 5.32 Å². The summed E-state index contributed by atoms with van der Waals surface area (Å²) in [6.07, 6.45) is 4.37. The SMILES string of the molecule is O=C(O)CC1(CNC(=O)c2cc(Cl)c[nH]2)CCC1. The number of amides is 1. The molecule has 1 aliphatic rings. The first-order valence-electron chi connectivity index (χ1n) is 5.85. The summed E-state index contributed by atoms with van der Waals surface area (Å²) in [6, 6.07) is 1.54. The second-order valence-electron chi connectivity index (χ2n) is 4.84. The van der Waals surface area contributed by atoms with Crippen LogP contribution in [0.4, 0.5) is 0 Å². The Morgan fingerprint density at radius 1 is 1.50 bits per heavy atom. The third-order valence-electron chi connectivity index (χ3n) is 3.46. The molecule has 1 amide bonds. The van der Waals surface area contributed by atoms with Gasteiger partial charge in [-0.15, -0.1) is 0 Å². The molecule has 3 N–H and O–H groups in total. The maximum atomic E-state index is 11.8. The molecule has 1 aliphatic carbocycles. The molecular formula is C12H15ClN2O3. The molecular weight excluding hydrogens is 256 g/mol. The van der Waals surface area contributed by atoms with E-state index < -0.39 is 5.97 Å². The van der Waals surface area contributed by atoms with E-state index in [2.05, 4.69) is 10.3 Å². The quantitative estimate of drug-likeness (QED) is 0.766. The minimum absolute atomic E-state index is 0.110. The number of carboxylic acids is 1. The van der Waals surface area contributed by atoms with Crippen LogP contribution in [-0.4, -0.2) is 28.5 Å². The summed E-state index contributed by atoms with van der Waals surface area (Å²) in [7, 11) is 0. The Balaban J connectivity index is 1.90. The van der Waals surface area contributed by atoms with Crippen LogP contribution in [0.25, 0.3) is 0 Å². The smallest absolute Gasteiger partial charge is 0.303 e. The predicted octanol–water partition coefficient (Wildman–Crippen LogP) is 2.04. The zero-order valence-corrected chi connectivity index (χ0v) is 10.6. The van der Waals surface area contributed by atoms with Gasteiger partial charge >= 0.3 is 5.97 Å². The summed E-state index contributed by atoms with van der Waals surface area (Å²) >= 11 is 5.71. The highest BCUT2D eigenvalue weighted by Crippen LogP contribution is 2.43. The Hall–Kier alpha value is -1.49. The zero-order chi connectivity index (χ0) is 13.2. The van der Waals surface area contributed by atoms with Gasteiger partial charge in [0.15, 0.2) is 0 Å². The largest absolute Gasteiger partial charge is 0.481 e. The molecule has 1 aromatic heterocycles. The first kappa shape index (κ1) is 13.0. The second-order valence-corrected chi connectivity index (χ2v) is 5.27. The first-order valence-corrected chi connectivity index (χ1v) is 6.22. The lowest BCUT2D eigenvalue weighted by Gasteiger charge is -2.40. The topological polar surface area (TPSA) is 82.2 Å². The number of halogens is 1. The third-order valence-corrected chi connectivity index (χ3v) is 3.68. The number of rotatable bonds is 5. The lowest BCUT2D eigenvalue weighted by molar-refractivity contribution is -0.141. The fourth-order valence-corrected chi connectivity index (χ4v) is 2.44. The minimum atomic E-state index is -0.813. The molecule has 1 aromatic rings. The van der Waals surface area contributed by atoms with Crippen molar-refractivity contribution in [2.45, 2.75) is 25.7 Å². The number of hydrogen-bond donors (Lipinski definition) is 3. The maximum Gasteiger partial charge on any atom is 0.303 e. The summed E-state index contributed by atoms with van der Waals surface area (Å²) in [5, 5.41) is 12.1. The van der Waals surface area contributed by atoms with Gasteiger partial charge in [-0.1, -0.05) is 18.0 Å². The van der Waals surface area contributed by atoms with E-state index in [4.69, 9.17) is 16.7 Å². The maximum absolute atomic E-state index is 11.8. The van der Waals surface area contributed by atoms with E-state index in [0.29, 0.717) is 17.3 Å². The number of aliphatic carboxylic acids is 1. The third kappa shape index (κ3) is 2.85. The van der Waals surface area contributed by atoms with E-state index in [1.54, 1.807) is 6.07 Å². The predicted molar refractivity (Wildman–Crippen MR) is 66.7 cm³/mol. The van der Waals surface area contributed by atoms with Crippen molar-refractivity contribution in [3.05, 3.63) is 23.0 Å². The molecule has 2 rings (SSSR count). The standard InChI is InChI=1S/C12H15ClN2O3/c13-8-4-9(14-6-8)11(18)15-7-12(2-1-3-12)5-10(16)17/h4,6,14H,1-3,5,7H2,(H,15,18)(H,16,17). The van der Waals surface area contributed by atoms with E-state index in [9.17, 15) is 9.59 Å². The molecule has 0 saturated heterocycles. The molecule has 1 fully saturated rings. The summed E-state index contributed by atoms with van der Waals surface area (Å²) < 4.78 is 0. The molecule has 5 nitrogen and oxygen atoms in total. The Bertz CT molecular complexity index is 466. The van der Waals surface area contributed by atoms with Crippen LogP contribution in [0, 0.1) is 5.41 Å². The van der Waals surface area contributed by atoms with E-state index >= 15 is 0 Å². The number of carbonyl (C=O) groups excluding carboxylic acids is 1. The van der Waals surface area contributed by atoms with Crippen LogP contribution >= 0.6 is 11.6 Å². The summed E-state index contributed by atoms with van der Waals surface area (Å²) in [5.74, 6) is -1.06. The Labute approximate surface area is 110 Å². The number of H-pyrrole nitrogens is 1. The first-order chi connectivity index (χ1) is 8.51. The monoisotopic (exact) mass is 270 g/mol. The Morgan fingerprint density at radius 2 is 2.22 bits per heavy atom. The normalized spacial score (nSPS) is 16.9. The van der Waals surface area contributed by atoms with Gasteiger partial charge in [0.1, 0.15) is 5.69 Å². The zero-order valence-electron chi connectivity index (χ0n) is 9.83. The highest BCUT2D eigenvalue weighted by Gasteiger charge is 2.39. The Morgan fingerprint density at radius 3 is 2.67 bits per heavy atom. The molecule has 0 radical (unpaired) electrons. The highest BCUT2D eigenvalue weighted by molar-refractivity contribution is 6.30. The number of carboxylic acid groups (broad SMARTS) is 1. The van der Waals surface area contributed by atoms with Crippen molar-refractivity contribution in [3.63, 3.8) is 0 Å². The van der Waals surface area contributed by atoms with Crippen molar-refractivity contribution in [3.8, 4) is 0 Å². The van der Waals surface area contributed by atoms with Gasteiger partial charge in [-0.2, -0.15) is 0 Å². The van der Waals surface area contributed by atoms with Gasteiger partial charge in [0.25, 0.3) is 5.91 Å². The summed E-state index contributed by atoms with van der Waals surface area (Å²) in [5.41, 5.74) is 0.127. The van der Waals surface area contributed by atoms with Gasteiger partial charge in [-0.05, 0) is 24.3 Å². The van der Waals surface area contributed by atoms with Crippen LogP contribution in [0.15, 0.2) is 12.3 Å². The number of carbonyl (C=O) groups is 2. The summed E-state index contributed by atoms with van der Waals surface area (Å²) in [4.78, 5) is 25.3. The van der Waals surface area contributed by atoms with Crippen LogP contribution in [0.1, 0.15) is 36.2 Å². The van der Waals surface area contributed by atoms with Crippen LogP contribution in [-0.2, 0) is 4.79 Å². The van der Waals surface area contributed by atoms with Crippen molar-refractivity contribution in [2.75, 3.05) is 6.54 Å². The molecule has 0 atom stereocenters. The molecule has 0 bridgehead atoms. The average molecular weight is 271 g/mol. The van der Waals surface area contributed by atoms with E-state index in [1.165, 1.54) is 6.20 Å². The van der Waals surface area contributed by atoms with Crippen molar-refractivity contribution < 1.29 is 14.7 Å². The van der Waals surface area contributed by atoms with Gasteiger partial charge in [0, 0.05) is 12.7 Å². The van der Waals surface area contributed by atoms with Crippen molar-refractivity contribution in [2.24, 2.45) is 5.41 Å². The van der Waals surface area contributed by atoms with Crippen LogP contribution in [0.5, 0.6) is 0 Å². The van der Waals surface area contributed by atoms with Crippen molar-refractivity contribution in [1.82, 2.24) is 10.3 Å². The molecule has 0 unspecified atom stereocenters. The van der Waals surface area contributed by atoms with Crippen LogP contribution in [0.3, 0.4) is 0 Å². The number of hydrogen-bond acceptors (Lipinski definition) is 2. The molecule has 6 heteroatoms. The fourth-order valence-electron chi connectivity index (χ4n) is 2.28. The Kier molecular flexibility index (Phi) is 3.61. The molecule has 0 aliphatic heterocycles. The minimum Gasteiger partial charge on any atom is -0.481 e. The fraction of sp³-hybridized carbons (Fsp3) is 0.500. The van der Waals surface area contributed by atoms with Gasteiger partial charge in [-0.3, -0.25) is 9.59 Å². The van der Waals surface area contributed by atoms with E-state index in [-0.39, 0.29) is 17.7 Å². The van der Waals surface area contributed by atoms with Crippen molar-refractivity contribution >= 4 is 23.5 Å². The lowest BCUT2D eigenvalue weighted by atomic mass is 9.66. The molecule has 1 heterocycles. The van der Waals surface area contributed by atoms with Gasteiger partial charge in [0.2, 0.25) is 0 Å². The molecule has 0 aromatic carbocycles.